The molecule has 0 saturated carbocycles. The molecule has 0 bridgehead atoms. The van der Waals surface area contributed by atoms with Crippen molar-refractivity contribution < 1.29 is 0 Å². The van der Waals surface area contributed by atoms with E-state index in [0.29, 0.717) is 25.4 Å². The molecule has 0 aromatic heterocycles. The van der Waals surface area contributed by atoms with Gasteiger partial charge in [-0.25, -0.2) is 0 Å². The molecule has 0 N–H and O–H groups in total. The lowest BCUT2D eigenvalue weighted by Crippen LogP contribution is -1.85. The highest BCUT2D eigenvalue weighted by atomic mass is 79.9. The molecule has 2 rings (SSSR count). The quantitative estimate of drug-likeness (QED) is 0.391. The first-order chi connectivity index (χ1) is 8.51. The van der Waals surface area contributed by atoms with E-state index < -0.39 is 0 Å². The maximum atomic E-state index is 6.20. The molecule has 0 spiro atoms. The Hall–Kier alpha value is 0.0800. The van der Waals surface area contributed by atoms with Crippen LogP contribution in [0.2, 0.25) is 20.1 Å². The Morgan fingerprint density at radius 3 is 2.17 bits per heavy atom. The van der Waals surface area contributed by atoms with E-state index in [4.69, 9.17) is 46.4 Å². The van der Waals surface area contributed by atoms with Crippen molar-refractivity contribution in [3.05, 3.63) is 56.0 Å². The van der Waals surface area contributed by atoms with Crippen LogP contribution in [0, 0.1) is 0 Å². The molecule has 0 aliphatic rings. The Morgan fingerprint density at radius 2 is 1.50 bits per heavy atom. The molecule has 0 saturated heterocycles. The van der Waals surface area contributed by atoms with Crippen LogP contribution in [0.4, 0.5) is 0 Å². The minimum atomic E-state index is 0.430. The molecule has 94 valence electrons. The summed E-state index contributed by atoms with van der Waals surface area (Å²) in [6.45, 7) is 0. The van der Waals surface area contributed by atoms with Crippen molar-refractivity contribution in [3.8, 4) is 11.1 Å². The Kier molecular flexibility index (Phi) is 4.85. The molecule has 0 atom stereocenters. The van der Waals surface area contributed by atoms with Crippen molar-refractivity contribution in [1.82, 2.24) is 0 Å². The standard InChI is InChI=1S/C13H7BrCl4/c14-6-7-1-8(3-9(15)2-7)11-4-10(16)5-12(17)13(11)18/h1-5H,6H2. The van der Waals surface area contributed by atoms with Crippen LogP contribution < -0.4 is 0 Å². The summed E-state index contributed by atoms with van der Waals surface area (Å²) in [7, 11) is 0. The second-order valence-electron chi connectivity index (χ2n) is 3.73. The van der Waals surface area contributed by atoms with Crippen LogP contribution in [-0.2, 0) is 5.33 Å². The molecule has 2 aromatic carbocycles. The third-order valence-electron chi connectivity index (χ3n) is 2.42. The summed E-state index contributed by atoms with van der Waals surface area (Å²) in [5, 5.41) is 2.81. The SMILES string of the molecule is Clc1cc(CBr)cc(-c2cc(Cl)cc(Cl)c2Cl)c1. The normalized spacial score (nSPS) is 10.7. The zero-order valence-electron chi connectivity index (χ0n) is 8.98. The average Bonchev–Trinajstić information content (AvgIpc) is 2.32. The van der Waals surface area contributed by atoms with Gasteiger partial charge in [-0.1, -0.05) is 68.4 Å². The van der Waals surface area contributed by atoms with E-state index in [2.05, 4.69) is 15.9 Å². The monoisotopic (exact) mass is 382 g/mol. The van der Waals surface area contributed by atoms with Crippen molar-refractivity contribution in [2.45, 2.75) is 5.33 Å². The third-order valence-corrected chi connectivity index (χ3v) is 4.30. The van der Waals surface area contributed by atoms with Gasteiger partial charge in [0.1, 0.15) is 0 Å². The van der Waals surface area contributed by atoms with Crippen LogP contribution in [0.1, 0.15) is 5.56 Å². The number of hydrogen-bond donors (Lipinski definition) is 0. The molecule has 0 unspecified atom stereocenters. The first kappa shape index (κ1) is 14.5. The minimum absolute atomic E-state index is 0.430. The van der Waals surface area contributed by atoms with Crippen molar-refractivity contribution in [2.75, 3.05) is 0 Å². The van der Waals surface area contributed by atoms with Crippen LogP contribution in [-0.4, -0.2) is 0 Å². The predicted molar refractivity (Wildman–Crippen MR) is 84.5 cm³/mol. The van der Waals surface area contributed by atoms with Gasteiger partial charge in [0.05, 0.1) is 10.0 Å². The first-order valence-electron chi connectivity index (χ1n) is 5.01. The van der Waals surface area contributed by atoms with Gasteiger partial charge in [0.2, 0.25) is 0 Å². The fraction of sp³-hybridized carbons (Fsp3) is 0.0769. The fourth-order valence-electron chi connectivity index (χ4n) is 1.65. The van der Waals surface area contributed by atoms with Gasteiger partial charge >= 0.3 is 0 Å². The molecule has 0 amide bonds. The van der Waals surface area contributed by atoms with Crippen molar-refractivity contribution in [3.63, 3.8) is 0 Å². The minimum Gasteiger partial charge on any atom is -0.0876 e. The second-order valence-corrected chi connectivity index (χ2v) is 5.95. The Bertz CT molecular complexity index is 596. The van der Waals surface area contributed by atoms with E-state index in [1.807, 2.05) is 18.2 Å². The lowest BCUT2D eigenvalue weighted by molar-refractivity contribution is 1.43. The molecule has 0 aliphatic heterocycles. The highest BCUT2D eigenvalue weighted by Gasteiger charge is 2.10. The maximum absolute atomic E-state index is 6.20. The Labute approximate surface area is 134 Å². The smallest absolute Gasteiger partial charge is 0.0671 e. The second kappa shape index (κ2) is 6.02. The van der Waals surface area contributed by atoms with Gasteiger partial charge in [0.25, 0.3) is 0 Å². The fourth-order valence-corrected chi connectivity index (χ4v) is 2.94. The summed E-state index contributed by atoms with van der Waals surface area (Å²) in [5.41, 5.74) is 2.73. The molecule has 0 aliphatic carbocycles. The van der Waals surface area contributed by atoms with E-state index in [0.717, 1.165) is 16.7 Å². The first-order valence-corrected chi connectivity index (χ1v) is 7.65. The zero-order valence-corrected chi connectivity index (χ0v) is 13.6. The van der Waals surface area contributed by atoms with Gasteiger partial charge in [-0.2, -0.15) is 0 Å². The van der Waals surface area contributed by atoms with Crippen molar-refractivity contribution in [1.29, 1.82) is 0 Å². The topological polar surface area (TPSA) is 0 Å². The van der Waals surface area contributed by atoms with Crippen molar-refractivity contribution >= 4 is 62.3 Å². The van der Waals surface area contributed by atoms with Crippen LogP contribution in [0.5, 0.6) is 0 Å². The Morgan fingerprint density at radius 1 is 0.833 bits per heavy atom. The van der Waals surface area contributed by atoms with Crippen LogP contribution in [0.3, 0.4) is 0 Å². The Balaban J connectivity index is 2.65. The summed E-state index contributed by atoms with van der Waals surface area (Å²) in [6.07, 6.45) is 0. The summed E-state index contributed by atoms with van der Waals surface area (Å²) in [6, 6.07) is 9.11. The number of benzene rings is 2. The number of halogens is 5. The molecule has 0 fully saturated rings. The van der Waals surface area contributed by atoms with Crippen LogP contribution in [0.15, 0.2) is 30.3 Å². The lowest BCUT2D eigenvalue weighted by atomic mass is 10.0. The van der Waals surface area contributed by atoms with E-state index in [1.54, 1.807) is 12.1 Å². The van der Waals surface area contributed by atoms with Crippen molar-refractivity contribution in [2.24, 2.45) is 0 Å². The number of hydrogen-bond acceptors (Lipinski definition) is 0. The third kappa shape index (κ3) is 3.15. The number of rotatable bonds is 2. The van der Waals surface area contributed by atoms with E-state index in [-0.39, 0.29) is 0 Å². The van der Waals surface area contributed by atoms with Gasteiger partial charge in [0.15, 0.2) is 0 Å². The van der Waals surface area contributed by atoms with Gasteiger partial charge in [-0.15, -0.1) is 0 Å². The highest BCUT2D eigenvalue weighted by Crippen LogP contribution is 2.37. The van der Waals surface area contributed by atoms with Crippen LogP contribution >= 0.6 is 62.3 Å². The molecular formula is C13H7BrCl4. The summed E-state index contributed by atoms with van der Waals surface area (Å²) in [4.78, 5) is 0. The van der Waals surface area contributed by atoms with E-state index >= 15 is 0 Å². The summed E-state index contributed by atoms with van der Waals surface area (Å²) < 4.78 is 0. The van der Waals surface area contributed by atoms with Gasteiger partial charge in [0, 0.05) is 20.9 Å². The molecule has 18 heavy (non-hydrogen) atoms. The molecular weight excluding hydrogens is 378 g/mol. The van der Waals surface area contributed by atoms with Gasteiger partial charge in [-0.3, -0.25) is 0 Å². The molecule has 0 heterocycles. The largest absolute Gasteiger partial charge is 0.0876 e. The lowest BCUT2D eigenvalue weighted by Gasteiger charge is -2.09. The van der Waals surface area contributed by atoms with Crippen LogP contribution in [0.25, 0.3) is 11.1 Å². The predicted octanol–water partition coefficient (Wildman–Crippen LogP) is 6.86. The zero-order chi connectivity index (χ0) is 13.3. The van der Waals surface area contributed by atoms with E-state index in [1.165, 1.54) is 0 Å². The highest BCUT2D eigenvalue weighted by molar-refractivity contribution is 9.08. The molecule has 5 heteroatoms. The number of alkyl halides is 1. The molecule has 2 aromatic rings. The molecule has 0 nitrogen and oxygen atoms in total. The average molecular weight is 385 g/mol. The maximum Gasteiger partial charge on any atom is 0.0671 e. The van der Waals surface area contributed by atoms with E-state index in [9.17, 15) is 0 Å². The van der Waals surface area contributed by atoms with Gasteiger partial charge in [-0.05, 0) is 35.4 Å². The summed E-state index contributed by atoms with van der Waals surface area (Å²) in [5.74, 6) is 0. The summed E-state index contributed by atoms with van der Waals surface area (Å²) >= 11 is 27.7. The molecule has 0 radical (unpaired) electrons. The van der Waals surface area contributed by atoms with Gasteiger partial charge < -0.3 is 0 Å².